The second-order valence-electron chi connectivity index (χ2n) is 3.87. The summed E-state index contributed by atoms with van der Waals surface area (Å²) in [4.78, 5) is 22.1. The van der Waals surface area contributed by atoms with Gasteiger partial charge in [0.05, 0.1) is 10.6 Å². The predicted octanol–water partition coefficient (Wildman–Crippen LogP) is 0.958. The predicted molar refractivity (Wildman–Crippen MR) is 66.4 cm³/mol. The first-order valence-corrected chi connectivity index (χ1v) is 5.37. The minimum absolute atomic E-state index is 0.175. The van der Waals surface area contributed by atoms with E-state index in [9.17, 15) is 14.9 Å². The maximum absolute atomic E-state index is 11.9. The number of carbonyl (C=O) groups excluding carboxylic acids is 1. The van der Waals surface area contributed by atoms with Gasteiger partial charge in [0.2, 0.25) is 11.5 Å². The van der Waals surface area contributed by atoms with Crippen molar-refractivity contribution >= 4 is 17.5 Å². The first kappa shape index (κ1) is 12.7. The van der Waals surface area contributed by atoms with Crippen LogP contribution in [0.5, 0.6) is 0 Å². The van der Waals surface area contributed by atoms with Crippen LogP contribution in [0.3, 0.4) is 0 Å². The maximum Gasteiger partial charge on any atom is 0.318 e. The van der Waals surface area contributed by atoms with Gasteiger partial charge in [-0.3, -0.25) is 24.3 Å². The lowest BCUT2D eigenvalue weighted by molar-refractivity contribution is -0.385. The SMILES string of the molecule is Cn1cc([N+](=O)[O-])c(C(=O)/C=C/c2ccnn2C)n1. The van der Waals surface area contributed by atoms with Gasteiger partial charge in [-0.2, -0.15) is 10.2 Å². The molecule has 0 saturated carbocycles. The average molecular weight is 261 g/mol. The fraction of sp³-hybridized carbons (Fsp3) is 0.182. The van der Waals surface area contributed by atoms with Crippen LogP contribution in [-0.2, 0) is 14.1 Å². The third-order valence-corrected chi connectivity index (χ3v) is 2.50. The molecule has 8 heteroatoms. The number of aryl methyl sites for hydroxylation is 2. The molecule has 98 valence electrons. The molecule has 0 saturated heterocycles. The Morgan fingerprint density at radius 1 is 1.47 bits per heavy atom. The third kappa shape index (κ3) is 2.57. The molecule has 0 aromatic carbocycles. The molecule has 0 aliphatic rings. The van der Waals surface area contributed by atoms with Crippen molar-refractivity contribution in [3.05, 3.63) is 46.0 Å². The molecule has 2 rings (SSSR count). The van der Waals surface area contributed by atoms with Crippen molar-refractivity contribution in [3.8, 4) is 0 Å². The van der Waals surface area contributed by atoms with Crippen molar-refractivity contribution in [1.82, 2.24) is 19.6 Å². The summed E-state index contributed by atoms with van der Waals surface area (Å²) in [5, 5.41) is 18.5. The van der Waals surface area contributed by atoms with Crippen LogP contribution in [0, 0.1) is 10.1 Å². The van der Waals surface area contributed by atoms with Crippen LogP contribution in [0.15, 0.2) is 24.5 Å². The molecular weight excluding hydrogens is 250 g/mol. The zero-order valence-electron chi connectivity index (χ0n) is 10.3. The molecule has 0 radical (unpaired) electrons. The van der Waals surface area contributed by atoms with Crippen LogP contribution in [0.2, 0.25) is 0 Å². The number of carbonyl (C=O) groups is 1. The average Bonchev–Trinajstić information content (AvgIpc) is 2.92. The van der Waals surface area contributed by atoms with E-state index in [1.807, 2.05) is 0 Å². The van der Waals surface area contributed by atoms with Crippen molar-refractivity contribution in [2.45, 2.75) is 0 Å². The molecule has 0 aliphatic carbocycles. The smallest absolute Gasteiger partial charge is 0.287 e. The van der Waals surface area contributed by atoms with Crippen molar-refractivity contribution in [1.29, 1.82) is 0 Å². The lowest BCUT2D eigenvalue weighted by Gasteiger charge is -1.93. The molecular formula is C11H11N5O3. The summed E-state index contributed by atoms with van der Waals surface area (Å²) in [6.45, 7) is 0. The van der Waals surface area contributed by atoms with Gasteiger partial charge in [-0.25, -0.2) is 0 Å². The zero-order valence-corrected chi connectivity index (χ0v) is 10.3. The molecule has 0 aliphatic heterocycles. The van der Waals surface area contributed by atoms with Crippen LogP contribution >= 0.6 is 0 Å². The molecule has 2 aromatic heterocycles. The van der Waals surface area contributed by atoms with Gasteiger partial charge < -0.3 is 0 Å². The zero-order chi connectivity index (χ0) is 14.0. The van der Waals surface area contributed by atoms with Crippen molar-refractivity contribution in [2.75, 3.05) is 0 Å². The molecule has 0 N–H and O–H groups in total. The summed E-state index contributed by atoms with van der Waals surface area (Å²) in [7, 11) is 3.25. The Morgan fingerprint density at radius 3 is 2.79 bits per heavy atom. The Balaban J connectivity index is 2.28. The van der Waals surface area contributed by atoms with E-state index in [2.05, 4.69) is 10.2 Å². The Bertz CT molecular complexity index is 668. The van der Waals surface area contributed by atoms with Gasteiger partial charge >= 0.3 is 5.69 Å². The topological polar surface area (TPSA) is 95.8 Å². The number of aromatic nitrogens is 4. The Labute approximate surface area is 108 Å². The highest BCUT2D eigenvalue weighted by molar-refractivity contribution is 6.07. The number of ketones is 1. The van der Waals surface area contributed by atoms with Gasteiger partial charge in [-0.1, -0.05) is 0 Å². The summed E-state index contributed by atoms with van der Waals surface area (Å²) >= 11 is 0. The van der Waals surface area contributed by atoms with Crippen LogP contribution in [0.1, 0.15) is 16.2 Å². The third-order valence-electron chi connectivity index (χ3n) is 2.50. The summed E-state index contributed by atoms with van der Waals surface area (Å²) in [5.74, 6) is -0.520. The molecule has 0 amide bonds. The quantitative estimate of drug-likeness (QED) is 0.353. The number of nitrogens with zero attached hydrogens (tertiary/aromatic N) is 5. The van der Waals surface area contributed by atoms with Gasteiger partial charge in [0.1, 0.15) is 6.20 Å². The molecule has 2 heterocycles. The fourth-order valence-corrected chi connectivity index (χ4v) is 1.57. The van der Waals surface area contributed by atoms with Crippen LogP contribution in [0.4, 0.5) is 5.69 Å². The van der Waals surface area contributed by atoms with Crippen molar-refractivity contribution < 1.29 is 9.72 Å². The van der Waals surface area contributed by atoms with Crippen molar-refractivity contribution in [3.63, 3.8) is 0 Å². The van der Waals surface area contributed by atoms with Gasteiger partial charge in [0, 0.05) is 20.3 Å². The van der Waals surface area contributed by atoms with E-state index in [-0.39, 0.29) is 11.4 Å². The number of allylic oxidation sites excluding steroid dienone is 1. The van der Waals surface area contributed by atoms with E-state index in [4.69, 9.17) is 0 Å². The van der Waals surface area contributed by atoms with E-state index in [0.29, 0.717) is 5.69 Å². The van der Waals surface area contributed by atoms with E-state index in [1.54, 1.807) is 24.0 Å². The van der Waals surface area contributed by atoms with Gasteiger partial charge in [-0.15, -0.1) is 0 Å². The second-order valence-corrected chi connectivity index (χ2v) is 3.87. The number of hydrogen-bond donors (Lipinski definition) is 0. The monoisotopic (exact) mass is 261 g/mol. The lowest BCUT2D eigenvalue weighted by atomic mass is 10.2. The second kappa shape index (κ2) is 4.84. The van der Waals surface area contributed by atoms with E-state index >= 15 is 0 Å². The minimum Gasteiger partial charge on any atom is -0.287 e. The highest BCUT2D eigenvalue weighted by atomic mass is 16.6. The van der Waals surface area contributed by atoms with Gasteiger partial charge in [0.15, 0.2) is 0 Å². The number of nitro groups is 1. The van der Waals surface area contributed by atoms with E-state index < -0.39 is 10.7 Å². The highest BCUT2D eigenvalue weighted by Crippen LogP contribution is 2.17. The molecule has 2 aromatic rings. The standard InChI is InChI=1S/C11H11N5O3/c1-14-7-9(16(18)19)11(13-14)10(17)4-3-8-5-6-12-15(8)2/h3-7H,1-2H3/b4-3+. The molecule has 0 spiro atoms. The normalized spacial score (nSPS) is 11.1. The van der Waals surface area contributed by atoms with Gasteiger partial charge in [-0.05, 0) is 18.2 Å². The largest absolute Gasteiger partial charge is 0.318 e. The highest BCUT2D eigenvalue weighted by Gasteiger charge is 2.22. The fourth-order valence-electron chi connectivity index (χ4n) is 1.57. The minimum atomic E-state index is -0.627. The first-order valence-electron chi connectivity index (χ1n) is 5.37. The Kier molecular flexibility index (Phi) is 3.23. The number of rotatable bonds is 4. The summed E-state index contributed by atoms with van der Waals surface area (Å²) < 4.78 is 2.82. The molecule has 0 fully saturated rings. The molecule has 0 atom stereocenters. The van der Waals surface area contributed by atoms with Crippen LogP contribution < -0.4 is 0 Å². The summed E-state index contributed by atoms with van der Waals surface area (Å²) in [5.41, 5.74) is 0.236. The summed E-state index contributed by atoms with van der Waals surface area (Å²) in [6.07, 6.45) is 5.57. The lowest BCUT2D eigenvalue weighted by Crippen LogP contribution is -2.01. The van der Waals surface area contributed by atoms with Crippen molar-refractivity contribution in [2.24, 2.45) is 14.1 Å². The Morgan fingerprint density at radius 2 is 2.21 bits per heavy atom. The maximum atomic E-state index is 11.9. The molecule has 0 bridgehead atoms. The van der Waals surface area contributed by atoms with Crippen LogP contribution in [-0.4, -0.2) is 30.3 Å². The molecule has 0 unspecified atom stereocenters. The molecule has 19 heavy (non-hydrogen) atoms. The Hall–Kier alpha value is -2.77. The molecule has 8 nitrogen and oxygen atoms in total. The van der Waals surface area contributed by atoms with Gasteiger partial charge in [0.25, 0.3) is 0 Å². The van der Waals surface area contributed by atoms with E-state index in [0.717, 1.165) is 0 Å². The van der Waals surface area contributed by atoms with E-state index in [1.165, 1.54) is 30.1 Å². The summed E-state index contributed by atoms with van der Waals surface area (Å²) in [6, 6.07) is 1.72. The first-order chi connectivity index (χ1) is 8.99. The number of hydrogen-bond acceptors (Lipinski definition) is 5. The van der Waals surface area contributed by atoms with Crippen LogP contribution in [0.25, 0.3) is 6.08 Å².